The van der Waals surface area contributed by atoms with E-state index in [2.05, 4.69) is 14.9 Å². The third-order valence-electron chi connectivity index (χ3n) is 7.16. The van der Waals surface area contributed by atoms with Gasteiger partial charge in [-0.1, -0.05) is 12.8 Å². The molecule has 1 saturated carbocycles. The molecule has 0 N–H and O–H groups in total. The smallest absolute Gasteiger partial charge is 0.244 e. The van der Waals surface area contributed by atoms with Gasteiger partial charge < -0.3 is 14.5 Å². The van der Waals surface area contributed by atoms with Crippen LogP contribution in [0.25, 0.3) is 0 Å². The Kier molecular flexibility index (Phi) is 6.91. The molecule has 1 unspecified atom stereocenters. The van der Waals surface area contributed by atoms with E-state index in [0.29, 0.717) is 12.5 Å². The Morgan fingerprint density at radius 1 is 1.10 bits per heavy atom. The van der Waals surface area contributed by atoms with Crippen molar-refractivity contribution in [2.75, 3.05) is 32.8 Å². The van der Waals surface area contributed by atoms with E-state index in [1.807, 2.05) is 24.6 Å². The maximum atomic E-state index is 13.2. The molecule has 1 aromatic heterocycles. The number of ether oxygens (including phenoxy) is 1. The second-order valence-corrected chi connectivity index (χ2v) is 9.44. The van der Waals surface area contributed by atoms with Crippen LogP contribution in [0.15, 0.2) is 6.07 Å². The third kappa shape index (κ3) is 5.40. The maximum Gasteiger partial charge on any atom is 0.244 e. The fourth-order valence-electron chi connectivity index (χ4n) is 5.46. The van der Waals surface area contributed by atoms with E-state index < -0.39 is 0 Å². The summed E-state index contributed by atoms with van der Waals surface area (Å²) >= 11 is 0. The van der Waals surface area contributed by atoms with Crippen LogP contribution in [0.2, 0.25) is 0 Å². The Hall–Kier alpha value is -1.40. The molecule has 0 radical (unpaired) electrons. The second kappa shape index (κ2) is 9.61. The summed E-state index contributed by atoms with van der Waals surface area (Å²) in [5.74, 6) is 0.795. The van der Waals surface area contributed by atoms with Crippen LogP contribution in [-0.2, 0) is 16.1 Å². The monoisotopic (exact) mass is 402 g/mol. The number of aromatic nitrogens is 2. The Bertz CT molecular complexity index is 668. The van der Waals surface area contributed by atoms with Crippen molar-refractivity contribution in [3.63, 3.8) is 0 Å². The van der Waals surface area contributed by atoms with Gasteiger partial charge in [0.15, 0.2) is 0 Å². The van der Waals surface area contributed by atoms with E-state index in [-0.39, 0.29) is 12.0 Å². The molecule has 0 spiro atoms. The van der Waals surface area contributed by atoms with Crippen LogP contribution in [0.3, 0.4) is 0 Å². The number of likely N-dealkylation sites (tertiary alicyclic amines) is 1. The molecule has 1 aromatic rings. The van der Waals surface area contributed by atoms with Gasteiger partial charge >= 0.3 is 0 Å². The molecule has 162 valence electrons. The van der Waals surface area contributed by atoms with Gasteiger partial charge in [0.1, 0.15) is 6.54 Å². The molecule has 3 aliphatic rings. The van der Waals surface area contributed by atoms with E-state index in [0.717, 1.165) is 50.0 Å². The van der Waals surface area contributed by atoms with Gasteiger partial charge in [0.05, 0.1) is 11.8 Å². The highest BCUT2D eigenvalue weighted by Crippen LogP contribution is 2.28. The predicted octanol–water partition coefficient (Wildman–Crippen LogP) is 3.16. The molecule has 6 nitrogen and oxygen atoms in total. The van der Waals surface area contributed by atoms with Crippen LogP contribution in [0.5, 0.6) is 0 Å². The lowest BCUT2D eigenvalue weighted by Crippen LogP contribution is -2.46. The number of hydrogen-bond acceptors (Lipinski definition) is 4. The predicted molar refractivity (Wildman–Crippen MR) is 114 cm³/mol. The Morgan fingerprint density at radius 2 is 1.86 bits per heavy atom. The number of carbonyl (C=O) groups excluding carboxylic acids is 1. The lowest BCUT2D eigenvalue weighted by Gasteiger charge is -2.38. The molecule has 1 aliphatic carbocycles. The van der Waals surface area contributed by atoms with Crippen LogP contribution < -0.4 is 0 Å². The van der Waals surface area contributed by atoms with E-state index in [4.69, 9.17) is 4.74 Å². The van der Waals surface area contributed by atoms with Crippen LogP contribution in [0.4, 0.5) is 0 Å². The first-order valence-electron chi connectivity index (χ1n) is 11.7. The molecule has 29 heavy (non-hydrogen) atoms. The largest absolute Gasteiger partial charge is 0.376 e. The van der Waals surface area contributed by atoms with Crippen molar-refractivity contribution in [3.05, 3.63) is 17.5 Å². The summed E-state index contributed by atoms with van der Waals surface area (Å²) in [6, 6.07) is 2.86. The standard InChI is InChI=1S/C23H38N4O2/c1-18-14-19(2)27(24-18)17-23(28)26(16-22-8-5-13-29-22)15-20-9-11-25(12-10-20)21-6-3-4-7-21/h14,20-22H,3-13,15-17H2,1-2H3. The molecule has 1 atom stereocenters. The van der Waals surface area contributed by atoms with E-state index >= 15 is 0 Å². The number of aryl methyl sites for hydroxylation is 2. The summed E-state index contributed by atoms with van der Waals surface area (Å²) in [7, 11) is 0. The van der Waals surface area contributed by atoms with Crippen molar-refractivity contribution < 1.29 is 9.53 Å². The Balaban J connectivity index is 1.35. The van der Waals surface area contributed by atoms with Crippen molar-refractivity contribution in [3.8, 4) is 0 Å². The van der Waals surface area contributed by atoms with Crippen LogP contribution in [0, 0.1) is 19.8 Å². The molecule has 2 saturated heterocycles. The van der Waals surface area contributed by atoms with Gasteiger partial charge in [0, 0.05) is 31.4 Å². The molecule has 1 amide bonds. The highest BCUT2D eigenvalue weighted by atomic mass is 16.5. The second-order valence-electron chi connectivity index (χ2n) is 9.44. The highest BCUT2D eigenvalue weighted by Gasteiger charge is 2.30. The van der Waals surface area contributed by atoms with Crippen molar-refractivity contribution in [2.24, 2.45) is 5.92 Å². The van der Waals surface area contributed by atoms with Crippen LogP contribution >= 0.6 is 0 Å². The van der Waals surface area contributed by atoms with Gasteiger partial charge in [-0.15, -0.1) is 0 Å². The maximum absolute atomic E-state index is 13.2. The normalized spacial score (nSPS) is 24.4. The molecular formula is C23H38N4O2. The van der Waals surface area contributed by atoms with E-state index in [9.17, 15) is 4.79 Å². The molecular weight excluding hydrogens is 364 g/mol. The summed E-state index contributed by atoms with van der Waals surface area (Å²) < 4.78 is 7.71. The molecule has 3 heterocycles. The number of carbonyl (C=O) groups is 1. The van der Waals surface area contributed by atoms with Gasteiger partial charge in [0.25, 0.3) is 0 Å². The Morgan fingerprint density at radius 3 is 2.48 bits per heavy atom. The summed E-state index contributed by atoms with van der Waals surface area (Å²) in [5.41, 5.74) is 2.03. The molecule has 0 aromatic carbocycles. The first kappa shape index (κ1) is 20.9. The lowest BCUT2D eigenvalue weighted by molar-refractivity contribution is -0.134. The average molecular weight is 403 g/mol. The molecule has 3 fully saturated rings. The summed E-state index contributed by atoms with van der Waals surface area (Å²) in [6.45, 7) is 9.20. The number of nitrogens with zero attached hydrogens (tertiary/aromatic N) is 4. The zero-order valence-electron chi connectivity index (χ0n) is 18.3. The first-order valence-corrected chi connectivity index (χ1v) is 11.7. The van der Waals surface area contributed by atoms with Gasteiger partial charge in [-0.2, -0.15) is 5.10 Å². The van der Waals surface area contributed by atoms with Crippen LogP contribution in [-0.4, -0.2) is 70.4 Å². The SMILES string of the molecule is Cc1cc(C)n(CC(=O)N(CC2CCN(C3CCCC3)CC2)CC2CCCO2)n1. The van der Waals surface area contributed by atoms with Crippen molar-refractivity contribution in [2.45, 2.75) is 83.9 Å². The molecule has 2 aliphatic heterocycles. The van der Waals surface area contributed by atoms with Crippen molar-refractivity contribution in [1.29, 1.82) is 0 Å². The number of hydrogen-bond donors (Lipinski definition) is 0. The van der Waals surface area contributed by atoms with E-state index in [1.165, 1.54) is 51.6 Å². The minimum absolute atomic E-state index is 0.185. The summed E-state index contributed by atoms with van der Waals surface area (Å²) in [6.07, 6.45) is 10.4. The number of piperidine rings is 1. The van der Waals surface area contributed by atoms with Crippen LogP contribution in [0.1, 0.15) is 62.8 Å². The molecule has 0 bridgehead atoms. The summed E-state index contributed by atoms with van der Waals surface area (Å²) in [5, 5.41) is 4.50. The minimum Gasteiger partial charge on any atom is -0.376 e. The highest BCUT2D eigenvalue weighted by molar-refractivity contribution is 5.76. The fourth-order valence-corrected chi connectivity index (χ4v) is 5.46. The first-order chi connectivity index (χ1) is 14.1. The van der Waals surface area contributed by atoms with E-state index in [1.54, 1.807) is 0 Å². The van der Waals surface area contributed by atoms with Crippen molar-refractivity contribution in [1.82, 2.24) is 19.6 Å². The average Bonchev–Trinajstić information content (AvgIpc) is 3.46. The lowest BCUT2D eigenvalue weighted by atomic mass is 9.94. The zero-order chi connectivity index (χ0) is 20.2. The Labute approximate surface area is 175 Å². The van der Waals surface area contributed by atoms with Gasteiger partial charge in [-0.05, 0) is 77.4 Å². The quantitative estimate of drug-likeness (QED) is 0.703. The zero-order valence-corrected chi connectivity index (χ0v) is 18.3. The van der Waals surface area contributed by atoms with Gasteiger partial charge in [0.2, 0.25) is 5.91 Å². The third-order valence-corrected chi connectivity index (χ3v) is 7.16. The number of amides is 1. The van der Waals surface area contributed by atoms with Gasteiger partial charge in [-0.25, -0.2) is 0 Å². The van der Waals surface area contributed by atoms with Gasteiger partial charge in [-0.3, -0.25) is 9.48 Å². The summed E-state index contributed by atoms with van der Waals surface area (Å²) in [4.78, 5) is 18.0. The fraction of sp³-hybridized carbons (Fsp3) is 0.826. The minimum atomic E-state index is 0.185. The molecule has 6 heteroatoms. The topological polar surface area (TPSA) is 50.6 Å². The molecule has 4 rings (SSSR count). The number of rotatable bonds is 7. The van der Waals surface area contributed by atoms with Crippen molar-refractivity contribution >= 4 is 5.91 Å².